The van der Waals surface area contributed by atoms with E-state index >= 15 is 0 Å². The van der Waals surface area contributed by atoms with Crippen molar-refractivity contribution in [2.24, 2.45) is 5.92 Å². The average Bonchev–Trinajstić information content (AvgIpc) is 2.61. The van der Waals surface area contributed by atoms with Crippen LogP contribution in [0.5, 0.6) is 0 Å². The Kier molecular flexibility index (Phi) is 5.48. The van der Waals surface area contributed by atoms with E-state index in [4.69, 9.17) is 0 Å². The number of rotatable bonds is 5. The number of amides is 1. The van der Waals surface area contributed by atoms with E-state index in [1.54, 1.807) is 0 Å². The summed E-state index contributed by atoms with van der Waals surface area (Å²) >= 11 is 0. The van der Waals surface area contributed by atoms with Gasteiger partial charge in [0.2, 0.25) is 0 Å². The molecule has 4 heteroatoms. The molecule has 1 aliphatic heterocycles. The van der Waals surface area contributed by atoms with Crippen LogP contribution in [0.25, 0.3) is 10.8 Å². The van der Waals surface area contributed by atoms with Crippen molar-refractivity contribution in [2.45, 2.75) is 6.92 Å². The monoisotopic (exact) mass is 325 g/mol. The summed E-state index contributed by atoms with van der Waals surface area (Å²) in [4.78, 5) is 17.4. The van der Waals surface area contributed by atoms with Crippen LogP contribution in [0.3, 0.4) is 0 Å². The van der Waals surface area contributed by atoms with Gasteiger partial charge in [0.05, 0.1) is 0 Å². The zero-order valence-electron chi connectivity index (χ0n) is 14.7. The number of hydrogen-bond acceptors (Lipinski definition) is 3. The lowest BCUT2D eigenvalue weighted by Gasteiger charge is -2.33. The van der Waals surface area contributed by atoms with Gasteiger partial charge in [-0.1, -0.05) is 43.3 Å². The maximum atomic E-state index is 12.6. The van der Waals surface area contributed by atoms with Gasteiger partial charge < -0.3 is 15.1 Å². The van der Waals surface area contributed by atoms with Gasteiger partial charge in [0.25, 0.3) is 5.91 Å². The van der Waals surface area contributed by atoms with Crippen LogP contribution >= 0.6 is 0 Å². The molecule has 1 saturated heterocycles. The number of nitrogens with zero attached hydrogens (tertiary/aromatic N) is 2. The lowest BCUT2D eigenvalue weighted by atomic mass is 10.0. The Morgan fingerprint density at radius 1 is 1.08 bits per heavy atom. The predicted molar refractivity (Wildman–Crippen MR) is 99.4 cm³/mol. The first-order chi connectivity index (χ1) is 11.6. The third-order valence-electron chi connectivity index (χ3n) is 4.81. The van der Waals surface area contributed by atoms with Gasteiger partial charge >= 0.3 is 0 Å². The normalized spacial score (nSPS) is 17.8. The summed E-state index contributed by atoms with van der Waals surface area (Å²) in [6, 6.07) is 13.9. The fourth-order valence-corrected chi connectivity index (χ4v) is 3.32. The van der Waals surface area contributed by atoms with Crippen molar-refractivity contribution in [3.05, 3.63) is 48.0 Å². The Hall–Kier alpha value is -1.91. The molecule has 1 unspecified atom stereocenters. The summed E-state index contributed by atoms with van der Waals surface area (Å²) in [5, 5.41) is 5.24. The Bertz CT molecular complexity index is 687. The van der Waals surface area contributed by atoms with Crippen molar-refractivity contribution in [3.8, 4) is 0 Å². The first kappa shape index (κ1) is 16.9. The highest BCUT2D eigenvalue weighted by atomic mass is 16.1. The number of likely N-dealkylation sites (N-methyl/N-ethyl adjacent to an activating group) is 1. The predicted octanol–water partition coefficient (Wildman–Crippen LogP) is 2.45. The summed E-state index contributed by atoms with van der Waals surface area (Å²) in [6.07, 6.45) is 0. The third kappa shape index (κ3) is 4.13. The fraction of sp³-hybridized carbons (Fsp3) is 0.450. The second-order valence-electron chi connectivity index (χ2n) is 6.95. The Balaban J connectivity index is 1.55. The molecule has 24 heavy (non-hydrogen) atoms. The van der Waals surface area contributed by atoms with E-state index in [2.05, 4.69) is 29.1 Å². The molecule has 128 valence electrons. The lowest BCUT2D eigenvalue weighted by Crippen LogP contribution is -2.46. The van der Waals surface area contributed by atoms with Crippen molar-refractivity contribution >= 4 is 16.7 Å². The van der Waals surface area contributed by atoms with Gasteiger partial charge in [-0.05, 0) is 29.8 Å². The highest BCUT2D eigenvalue weighted by Crippen LogP contribution is 2.18. The number of hydrogen-bond donors (Lipinski definition) is 1. The number of nitrogens with one attached hydrogen (secondary N) is 1. The molecule has 0 saturated carbocycles. The summed E-state index contributed by atoms with van der Waals surface area (Å²) < 4.78 is 0. The lowest BCUT2D eigenvalue weighted by molar-refractivity contribution is 0.0939. The highest BCUT2D eigenvalue weighted by molar-refractivity contribution is 6.06. The summed E-state index contributed by atoms with van der Waals surface area (Å²) in [7, 11) is 2.17. The van der Waals surface area contributed by atoms with Crippen LogP contribution in [0.2, 0.25) is 0 Å². The van der Waals surface area contributed by atoms with Crippen LogP contribution in [-0.2, 0) is 0 Å². The number of fused-ring (bicyclic) bond motifs is 1. The average molecular weight is 325 g/mol. The maximum Gasteiger partial charge on any atom is 0.251 e. The molecule has 0 aromatic heterocycles. The molecule has 2 aromatic rings. The summed E-state index contributed by atoms with van der Waals surface area (Å²) in [5.74, 6) is 0.476. The molecular formula is C20H27N3O. The minimum Gasteiger partial charge on any atom is -0.352 e. The quantitative estimate of drug-likeness (QED) is 0.917. The van der Waals surface area contributed by atoms with E-state index in [-0.39, 0.29) is 5.91 Å². The largest absolute Gasteiger partial charge is 0.352 e. The number of carbonyl (C=O) groups excluding carboxylic acids is 1. The molecule has 1 atom stereocenters. The van der Waals surface area contributed by atoms with Crippen LogP contribution in [0.1, 0.15) is 17.3 Å². The molecule has 1 N–H and O–H groups in total. The van der Waals surface area contributed by atoms with Gasteiger partial charge in [-0.15, -0.1) is 0 Å². The maximum absolute atomic E-state index is 12.6. The molecule has 3 rings (SSSR count). The molecular weight excluding hydrogens is 298 g/mol. The van der Waals surface area contributed by atoms with Crippen molar-refractivity contribution in [2.75, 3.05) is 46.3 Å². The van der Waals surface area contributed by atoms with Crippen molar-refractivity contribution in [1.29, 1.82) is 0 Å². The third-order valence-corrected chi connectivity index (χ3v) is 4.81. The number of piperazine rings is 1. The Morgan fingerprint density at radius 2 is 1.79 bits per heavy atom. The van der Waals surface area contributed by atoms with Crippen LogP contribution in [0, 0.1) is 5.92 Å². The second-order valence-corrected chi connectivity index (χ2v) is 6.95. The zero-order chi connectivity index (χ0) is 16.9. The SMILES string of the molecule is CC(CNC(=O)c1cccc2ccccc12)CN1CCN(C)CC1. The Labute approximate surface area is 144 Å². The molecule has 2 aromatic carbocycles. The first-order valence-electron chi connectivity index (χ1n) is 8.80. The minimum atomic E-state index is 0.0250. The Morgan fingerprint density at radius 3 is 2.58 bits per heavy atom. The minimum absolute atomic E-state index is 0.0250. The van der Waals surface area contributed by atoms with E-state index in [0.29, 0.717) is 12.5 Å². The van der Waals surface area contributed by atoms with E-state index in [9.17, 15) is 4.79 Å². The van der Waals surface area contributed by atoms with Gasteiger partial charge in [0, 0.05) is 44.8 Å². The van der Waals surface area contributed by atoms with Crippen LogP contribution in [0.15, 0.2) is 42.5 Å². The fourth-order valence-electron chi connectivity index (χ4n) is 3.32. The molecule has 4 nitrogen and oxygen atoms in total. The molecule has 0 radical (unpaired) electrons. The van der Waals surface area contributed by atoms with Crippen molar-refractivity contribution in [1.82, 2.24) is 15.1 Å². The van der Waals surface area contributed by atoms with E-state index < -0.39 is 0 Å². The van der Waals surface area contributed by atoms with Gasteiger partial charge in [-0.3, -0.25) is 4.79 Å². The van der Waals surface area contributed by atoms with Gasteiger partial charge in [-0.25, -0.2) is 0 Å². The van der Waals surface area contributed by atoms with Gasteiger partial charge in [-0.2, -0.15) is 0 Å². The zero-order valence-corrected chi connectivity index (χ0v) is 14.7. The summed E-state index contributed by atoms with van der Waals surface area (Å²) in [6.45, 7) is 8.49. The molecule has 0 spiro atoms. The van der Waals surface area contributed by atoms with Crippen LogP contribution < -0.4 is 5.32 Å². The highest BCUT2D eigenvalue weighted by Gasteiger charge is 2.17. The molecule has 1 heterocycles. The second kappa shape index (κ2) is 7.77. The van der Waals surface area contributed by atoms with Gasteiger partial charge in [0.15, 0.2) is 0 Å². The smallest absolute Gasteiger partial charge is 0.251 e. The first-order valence-corrected chi connectivity index (χ1v) is 8.80. The van der Waals surface area contributed by atoms with E-state index in [1.165, 1.54) is 0 Å². The van der Waals surface area contributed by atoms with Crippen LogP contribution in [0.4, 0.5) is 0 Å². The molecule has 0 bridgehead atoms. The van der Waals surface area contributed by atoms with Crippen LogP contribution in [-0.4, -0.2) is 62.0 Å². The number of benzene rings is 2. The standard InChI is InChI=1S/C20H27N3O/c1-16(15-23-12-10-22(2)11-13-23)14-21-20(24)19-9-5-7-17-6-3-4-8-18(17)19/h3-9,16H,10-15H2,1-2H3,(H,21,24). The molecule has 0 aliphatic carbocycles. The van der Waals surface area contributed by atoms with Gasteiger partial charge in [0.1, 0.15) is 0 Å². The topological polar surface area (TPSA) is 35.6 Å². The summed E-state index contributed by atoms with van der Waals surface area (Å²) in [5.41, 5.74) is 0.764. The van der Waals surface area contributed by atoms with E-state index in [1.807, 2.05) is 42.5 Å². The van der Waals surface area contributed by atoms with E-state index in [0.717, 1.165) is 49.1 Å². The van der Waals surface area contributed by atoms with Crippen molar-refractivity contribution < 1.29 is 4.79 Å². The number of carbonyl (C=O) groups is 1. The molecule has 1 fully saturated rings. The molecule has 1 amide bonds. The van der Waals surface area contributed by atoms with Crippen molar-refractivity contribution in [3.63, 3.8) is 0 Å². The molecule has 1 aliphatic rings.